The van der Waals surface area contributed by atoms with E-state index in [-0.39, 0.29) is 28.7 Å². The lowest BCUT2D eigenvalue weighted by Gasteiger charge is -2.13. The van der Waals surface area contributed by atoms with E-state index in [1.165, 1.54) is 43.5 Å². The van der Waals surface area contributed by atoms with E-state index in [1.54, 1.807) is 6.92 Å². The van der Waals surface area contributed by atoms with Gasteiger partial charge in [0, 0.05) is 12.5 Å². The van der Waals surface area contributed by atoms with E-state index in [9.17, 15) is 22.8 Å². The van der Waals surface area contributed by atoms with Crippen molar-refractivity contribution in [3.05, 3.63) is 58.4 Å². The van der Waals surface area contributed by atoms with Gasteiger partial charge in [0.2, 0.25) is 11.2 Å². The Morgan fingerprint density at radius 3 is 2.29 bits per heavy atom. The summed E-state index contributed by atoms with van der Waals surface area (Å²) in [5.41, 5.74) is -1.71. The summed E-state index contributed by atoms with van der Waals surface area (Å²) in [6.45, 7) is 1.58. The molecular weight excluding hydrogens is 377 g/mol. The summed E-state index contributed by atoms with van der Waals surface area (Å²) in [7, 11) is 1.42. The van der Waals surface area contributed by atoms with Crippen LogP contribution >= 0.6 is 0 Å². The molecular formula is C20H15F3O5. The van der Waals surface area contributed by atoms with Crippen molar-refractivity contribution in [3.63, 3.8) is 0 Å². The van der Waals surface area contributed by atoms with Crippen LogP contribution in [0.3, 0.4) is 0 Å². The van der Waals surface area contributed by atoms with Gasteiger partial charge in [0.1, 0.15) is 17.1 Å². The predicted octanol–water partition coefficient (Wildman–Crippen LogP) is 4.80. The smallest absolute Gasteiger partial charge is 0.450 e. The number of esters is 1. The third-order valence-corrected chi connectivity index (χ3v) is 4.02. The van der Waals surface area contributed by atoms with Gasteiger partial charge >= 0.3 is 12.1 Å². The highest BCUT2D eigenvalue weighted by atomic mass is 19.4. The number of ether oxygens (including phenoxy) is 2. The van der Waals surface area contributed by atoms with Crippen LogP contribution in [0, 0.1) is 0 Å². The van der Waals surface area contributed by atoms with Crippen molar-refractivity contribution in [2.24, 2.45) is 0 Å². The zero-order valence-electron chi connectivity index (χ0n) is 14.9. The first-order chi connectivity index (χ1) is 13.2. The molecule has 2 aromatic carbocycles. The van der Waals surface area contributed by atoms with Crippen molar-refractivity contribution in [1.29, 1.82) is 0 Å². The Hall–Kier alpha value is -3.29. The van der Waals surface area contributed by atoms with Crippen LogP contribution in [0.2, 0.25) is 0 Å². The molecule has 0 atom stereocenters. The zero-order valence-corrected chi connectivity index (χ0v) is 14.9. The Labute approximate surface area is 157 Å². The number of carbonyl (C=O) groups is 1. The average molecular weight is 392 g/mol. The van der Waals surface area contributed by atoms with Gasteiger partial charge in [0.15, 0.2) is 0 Å². The van der Waals surface area contributed by atoms with Gasteiger partial charge in [-0.1, -0.05) is 19.1 Å². The number of benzene rings is 2. The second-order valence-corrected chi connectivity index (χ2v) is 5.85. The first-order valence-corrected chi connectivity index (χ1v) is 8.27. The molecule has 0 amide bonds. The standard InChI is InChI=1S/C20H15F3O5/c1-3-16(24)27-13-8-9-14-15(10-13)28-19(20(21,22)23)17(18(14)25)11-4-6-12(26-2)7-5-11/h4-10H,3H2,1-2H3. The number of carbonyl (C=O) groups excluding carboxylic acids is 1. The van der Waals surface area contributed by atoms with Gasteiger partial charge in [-0.2, -0.15) is 13.2 Å². The summed E-state index contributed by atoms with van der Waals surface area (Å²) in [5.74, 6) is -1.56. The van der Waals surface area contributed by atoms with Crippen molar-refractivity contribution < 1.29 is 31.9 Å². The summed E-state index contributed by atoms with van der Waals surface area (Å²) >= 11 is 0. The molecule has 1 heterocycles. The number of fused-ring (bicyclic) bond motifs is 1. The minimum absolute atomic E-state index is 0.00665. The first kappa shape index (κ1) is 19.5. The van der Waals surface area contributed by atoms with Crippen LogP contribution in [0.15, 0.2) is 51.7 Å². The Morgan fingerprint density at radius 1 is 1.07 bits per heavy atom. The van der Waals surface area contributed by atoms with Crippen molar-refractivity contribution >= 4 is 16.9 Å². The average Bonchev–Trinajstić information content (AvgIpc) is 2.67. The normalized spacial score (nSPS) is 11.5. The van der Waals surface area contributed by atoms with Crippen molar-refractivity contribution in [2.75, 3.05) is 7.11 Å². The largest absolute Gasteiger partial charge is 0.497 e. The van der Waals surface area contributed by atoms with Crippen LogP contribution in [-0.2, 0) is 11.0 Å². The molecule has 0 spiro atoms. The molecule has 0 saturated heterocycles. The Morgan fingerprint density at radius 2 is 1.71 bits per heavy atom. The third kappa shape index (κ3) is 3.71. The van der Waals surface area contributed by atoms with Gasteiger partial charge in [-0.15, -0.1) is 0 Å². The summed E-state index contributed by atoms with van der Waals surface area (Å²) in [6.07, 6.45) is -4.81. The van der Waals surface area contributed by atoms with Gasteiger partial charge in [0.05, 0.1) is 18.1 Å². The third-order valence-electron chi connectivity index (χ3n) is 4.02. The van der Waals surface area contributed by atoms with E-state index in [0.29, 0.717) is 5.75 Å². The summed E-state index contributed by atoms with van der Waals surface area (Å²) in [6, 6.07) is 9.30. The second kappa shape index (κ2) is 7.38. The summed E-state index contributed by atoms with van der Waals surface area (Å²) in [4.78, 5) is 24.2. The Kier molecular flexibility index (Phi) is 5.13. The lowest BCUT2D eigenvalue weighted by Crippen LogP contribution is -2.16. The minimum atomic E-state index is -4.90. The summed E-state index contributed by atoms with van der Waals surface area (Å²) in [5, 5.41) is -0.0601. The monoisotopic (exact) mass is 392 g/mol. The molecule has 0 aliphatic rings. The lowest BCUT2D eigenvalue weighted by atomic mass is 10.0. The van der Waals surface area contributed by atoms with Gasteiger partial charge in [-0.3, -0.25) is 9.59 Å². The van der Waals surface area contributed by atoms with Crippen molar-refractivity contribution in [2.45, 2.75) is 19.5 Å². The fraction of sp³-hybridized carbons (Fsp3) is 0.200. The molecule has 0 aliphatic heterocycles. The molecule has 8 heteroatoms. The molecule has 3 rings (SSSR count). The molecule has 0 bridgehead atoms. The van der Waals surface area contributed by atoms with E-state index in [1.807, 2.05) is 0 Å². The number of alkyl halides is 3. The maximum atomic E-state index is 13.6. The highest BCUT2D eigenvalue weighted by molar-refractivity contribution is 5.85. The predicted molar refractivity (Wildman–Crippen MR) is 95.4 cm³/mol. The lowest BCUT2D eigenvalue weighted by molar-refractivity contribution is -0.152. The van der Waals surface area contributed by atoms with Crippen LogP contribution < -0.4 is 14.9 Å². The number of rotatable bonds is 4. The number of hydrogen-bond acceptors (Lipinski definition) is 5. The second-order valence-electron chi connectivity index (χ2n) is 5.85. The number of hydrogen-bond donors (Lipinski definition) is 0. The molecule has 1 aromatic heterocycles. The molecule has 0 saturated carbocycles. The van der Waals surface area contributed by atoms with Crippen molar-refractivity contribution in [1.82, 2.24) is 0 Å². The van der Waals surface area contributed by atoms with E-state index in [2.05, 4.69) is 0 Å². The maximum Gasteiger partial charge on any atom is 0.450 e. The molecule has 5 nitrogen and oxygen atoms in total. The molecule has 0 unspecified atom stereocenters. The fourth-order valence-corrected chi connectivity index (χ4v) is 2.66. The molecule has 0 fully saturated rings. The van der Waals surface area contributed by atoms with Crippen LogP contribution in [0.25, 0.3) is 22.1 Å². The minimum Gasteiger partial charge on any atom is -0.497 e. The summed E-state index contributed by atoms with van der Waals surface area (Å²) < 4.78 is 55.9. The maximum absolute atomic E-state index is 13.6. The number of methoxy groups -OCH3 is 1. The van der Waals surface area contributed by atoms with E-state index >= 15 is 0 Å². The van der Waals surface area contributed by atoms with Crippen LogP contribution in [0.4, 0.5) is 13.2 Å². The highest BCUT2D eigenvalue weighted by Gasteiger charge is 2.39. The highest BCUT2D eigenvalue weighted by Crippen LogP contribution is 2.38. The molecule has 0 aliphatic carbocycles. The SMILES string of the molecule is CCC(=O)Oc1ccc2c(=O)c(-c3ccc(OC)cc3)c(C(F)(F)F)oc2c1. The molecule has 28 heavy (non-hydrogen) atoms. The molecule has 0 N–H and O–H groups in total. The molecule has 146 valence electrons. The van der Waals surface area contributed by atoms with Crippen molar-refractivity contribution in [3.8, 4) is 22.6 Å². The van der Waals surface area contributed by atoms with E-state index in [4.69, 9.17) is 13.9 Å². The van der Waals surface area contributed by atoms with E-state index in [0.717, 1.165) is 6.07 Å². The molecule has 0 radical (unpaired) electrons. The van der Waals surface area contributed by atoms with E-state index < -0.39 is 28.9 Å². The molecule has 3 aromatic rings. The fourth-order valence-electron chi connectivity index (χ4n) is 2.66. The Bertz CT molecular complexity index is 1080. The van der Waals surface area contributed by atoms with Crippen LogP contribution in [-0.4, -0.2) is 13.1 Å². The van der Waals surface area contributed by atoms with Gasteiger partial charge in [-0.05, 0) is 29.8 Å². The quantitative estimate of drug-likeness (QED) is 0.471. The van der Waals surface area contributed by atoms with Crippen LogP contribution in [0.1, 0.15) is 19.1 Å². The zero-order chi connectivity index (χ0) is 20.5. The van der Waals surface area contributed by atoms with Gasteiger partial charge in [0.25, 0.3) is 0 Å². The van der Waals surface area contributed by atoms with Gasteiger partial charge < -0.3 is 13.9 Å². The first-order valence-electron chi connectivity index (χ1n) is 8.27. The van der Waals surface area contributed by atoms with Gasteiger partial charge in [-0.25, -0.2) is 0 Å². The number of halogens is 3. The Balaban J connectivity index is 2.25. The van der Waals surface area contributed by atoms with Crippen LogP contribution in [0.5, 0.6) is 11.5 Å². The topological polar surface area (TPSA) is 65.7 Å².